The van der Waals surface area contributed by atoms with Gasteiger partial charge in [0.1, 0.15) is 0 Å². The Morgan fingerprint density at radius 2 is 1.95 bits per heavy atom. The van der Waals surface area contributed by atoms with Gasteiger partial charge in [0.25, 0.3) is 0 Å². The van der Waals surface area contributed by atoms with Crippen molar-refractivity contribution in [3.63, 3.8) is 0 Å². The zero-order valence-corrected chi connectivity index (χ0v) is 12.0. The molecule has 1 heterocycles. The summed E-state index contributed by atoms with van der Waals surface area (Å²) in [7, 11) is 0. The average molecular weight is 276 g/mol. The molecule has 0 radical (unpaired) electrons. The molecule has 0 spiro atoms. The lowest BCUT2D eigenvalue weighted by molar-refractivity contribution is -0.134. The Balaban J connectivity index is 1.85. The molecule has 2 rings (SSSR count). The van der Waals surface area contributed by atoms with Crippen LogP contribution in [0, 0.1) is 5.92 Å². The molecule has 2 unspecified atom stereocenters. The molecule has 0 bridgehead atoms. The highest BCUT2D eigenvalue weighted by atomic mass is 16.3. The SMILES string of the molecule is CC(O)C1CCN(C(=O)C(N)Cc2ccccc2)CC1. The molecule has 0 aliphatic carbocycles. The van der Waals surface area contributed by atoms with Crippen molar-refractivity contribution < 1.29 is 9.90 Å². The molecule has 4 nitrogen and oxygen atoms in total. The van der Waals surface area contributed by atoms with Crippen LogP contribution in [0.3, 0.4) is 0 Å². The fraction of sp³-hybridized carbons (Fsp3) is 0.562. The monoisotopic (exact) mass is 276 g/mol. The van der Waals surface area contributed by atoms with Gasteiger partial charge in [0.15, 0.2) is 0 Å². The van der Waals surface area contributed by atoms with Crippen molar-refractivity contribution in [1.29, 1.82) is 0 Å². The molecule has 1 fully saturated rings. The van der Waals surface area contributed by atoms with E-state index in [1.807, 2.05) is 42.2 Å². The number of aliphatic hydroxyl groups excluding tert-OH is 1. The summed E-state index contributed by atoms with van der Waals surface area (Å²) in [6, 6.07) is 9.39. The number of hydrogen-bond acceptors (Lipinski definition) is 3. The van der Waals surface area contributed by atoms with Crippen LogP contribution in [0.4, 0.5) is 0 Å². The van der Waals surface area contributed by atoms with Crippen LogP contribution in [-0.4, -0.2) is 41.1 Å². The number of nitrogens with two attached hydrogens (primary N) is 1. The second kappa shape index (κ2) is 6.86. The van der Waals surface area contributed by atoms with E-state index in [1.165, 1.54) is 0 Å². The van der Waals surface area contributed by atoms with Crippen molar-refractivity contribution in [1.82, 2.24) is 4.90 Å². The van der Waals surface area contributed by atoms with Gasteiger partial charge in [0.2, 0.25) is 5.91 Å². The first-order chi connectivity index (χ1) is 9.58. The van der Waals surface area contributed by atoms with Crippen LogP contribution < -0.4 is 5.73 Å². The number of rotatable bonds is 4. The normalized spacial score (nSPS) is 19.6. The van der Waals surface area contributed by atoms with Crippen LogP contribution in [0.5, 0.6) is 0 Å². The van der Waals surface area contributed by atoms with E-state index in [0.29, 0.717) is 25.4 Å². The van der Waals surface area contributed by atoms with Crippen molar-refractivity contribution in [2.45, 2.75) is 38.3 Å². The van der Waals surface area contributed by atoms with Crippen LogP contribution in [0.2, 0.25) is 0 Å². The summed E-state index contributed by atoms with van der Waals surface area (Å²) in [5.74, 6) is 0.335. The molecule has 4 heteroatoms. The van der Waals surface area contributed by atoms with Crippen molar-refractivity contribution >= 4 is 5.91 Å². The lowest BCUT2D eigenvalue weighted by Gasteiger charge is -2.34. The summed E-state index contributed by atoms with van der Waals surface area (Å²) in [6.45, 7) is 3.23. The molecule has 1 aromatic rings. The van der Waals surface area contributed by atoms with E-state index < -0.39 is 6.04 Å². The molecule has 3 N–H and O–H groups in total. The van der Waals surface area contributed by atoms with Gasteiger partial charge in [-0.25, -0.2) is 0 Å². The van der Waals surface area contributed by atoms with Gasteiger partial charge < -0.3 is 15.7 Å². The molecule has 1 aliphatic heterocycles. The molecule has 110 valence electrons. The Bertz CT molecular complexity index is 425. The smallest absolute Gasteiger partial charge is 0.239 e. The highest BCUT2D eigenvalue weighted by molar-refractivity contribution is 5.82. The number of piperidine rings is 1. The standard InChI is InChI=1S/C16H24N2O2/c1-12(19)14-7-9-18(10-8-14)16(20)15(17)11-13-5-3-2-4-6-13/h2-6,12,14-15,19H,7-11,17H2,1H3. The maximum absolute atomic E-state index is 12.3. The van der Waals surface area contributed by atoms with Crippen LogP contribution in [0.15, 0.2) is 30.3 Å². The lowest BCUT2D eigenvalue weighted by Crippen LogP contribution is -2.48. The molecular formula is C16H24N2O2. The minimum Gasteiger partial charge on any atom is -0.393 e. The van der Waals surface area contributed by atoms with Crippen molar-refractivity contribution in [3.05, 3.63) is 35.9 Å². The maximum atomic E-state index is 12.3. The third-order valence-corrected chi connectivity index (χ3v) is 4.15. The second-order valence-electron chi connectivity index (χ2n) is 5.70. The molecular weight excluding hydrogens is 252 g/mol. The van der Waals surface area contributed by atoms with E-state index in [4.69, 9.17) is 5.73 Å². The molecule has 1 aliphatic rings. The Kier molecular flexibility index (Phi) is 5.15. The number of amides is 1. The largest absolute Gasteiger partial charge is 0.393 e. The minimum atomic E-state index is -0.472. The summed E-state index contributed by atoms with van der Waals surface area (Å²) in [5.41, 5.74) is 7.12. The molecule has 2 atom stereocenters. The highest BCUT2D eigenvalue weighted by Gasteiger charge is 2.28. The molecule has 0 saturated carbocycles. The number of likely N-dealkylation sites (tertiary alicyclic amines) is 1. The van der Waals surface area contributed by atoms with E-state index in [9.17, 15) is 9.90 Å². The summed E-state index contributed by atoms with van der Waals surface area (Å²) in [4.78, 5) is 14.2. The number of carbonyl (C=O) groups excluding carboxylic acids is 1. The van der Waals surface area contributed by atoms with Gasteiger partial charge in [0, 0.05) is 13.1 Å². The van der Waals surface area contributed by atoms with Gasteiger partial charge in [-0.1, -0.05) is 30.3 Å². The third-order valence-electron chi connectivity index (χ3n) is 4.15. The summed E-state index contributed by atoms with van der Waals surface area (Å²) in [6.07, 6.45) is 2.02. The molecule has 1 aromatic carbocycles. The number of aliphatic hydroxyl groups is 1. The fourth-order valence-electron chi connectivity index (χ4n) is 2.79. The van der Waals surface area contributed by atoms with E-state index in [1.54, 1.807) is 0 Å². The molecule has 0 aromatic heterocycles. The zero-order chi connectivity index (χ0) is 14.5. The number of carbonyl (C=O) groups is 1. The first kappa shape index (κ1) is 15.0. The van der Waals surface area contributed by atoms with Crippen LogP contribution in [0.1, 0.15) is 25.3 Å². The van der Waals surface area contributed by atoms with E-state index in [-0.39, 0.29) is 12.0 Å². The van der Waals surface area contributed by atoms with Gasteiger partial charge in [-0.05, 0) is 37.7 Å². The van der Waals surface area contributed by atoms with E-state index >= 15 is 0 Å². The topological polar surface area (TPSA) is 66.6 Å². The van der Waals surface area contributed by atoms with Gasteiger partial charge in [0.05, 0.1) is 12.1 Å². The Morgan fingerprint density at radius 1 is 1.35 bits per heavy atom. The molecule has 1 amide bonds. The predicted octanol–water partition coefficient (Wildman–Crippen LogP) is 1.18. The van der Waals surface area contributed by atoms with E-state index in [2.05, 4.69) is 0 Å². The van der Waals surface area contributed by atoms with Crippen molar-refractivity contribution in [2.75, 3.05) is 13.1 Å². The summed E-state index contributed by atoms with van der Waals surface area (Å²) < 4.78 is 0. The number of hydrogen-bond donors (Lipinski definition) is 2. The number of nitrogens with zero attached hydrogens (tertiary/aromatic N) is 1. The van der Waals surface area contributed by atoms with Gasteiger partial charge >= 0.3 is 0 Å². The Labute approximate surface area is 120 Å². The molecule has 1 saturated heterocycles. The van der Waals surface area contributed by atoms with Crippen LogP contribution in [0.25, 0.3) is 0 Å². The average Bonchev–Trinajstić information content (AvgIpc) is 2.47. The first-order valence-electron chi connectivity index (χ1n) is 7.34. The minimum absolute atomic E-state index is 0.0258. The third kappa shape index (κ3) is 3.81. The fourth-order valence-corrected chi connectivity index (χ4v) is 2.79. The Morgan fingerprint density at radius 3 is 2.50 bits per heavy atom. The first-order valence-corrected chi connectivity index (χ1v) is 7.34. The quantitative estimate of drug-likeness (QED) is 0.867. The van der Waals surface area contributed by atoms with Crippen molar-refractivity contribution in [2.24, 2.45) is 11.7 Å². The lowest BCUT2D eigenvalue weighted by atomic mass is 9.91. The zero-order valence-electron chi connectivity index (χ0n) is 12.0. The highest BCUT2D eigenvalue weighted by Crippen LogP contribution is 2.21. The van der Waals surface area contributed by atoms with Crippen LogP contribution >= 0.6 is 0 Å². The number of benzene rings is 1. The van der Waals surface area contributed by atoms with Gasteiger partial charge in [-0.3, -0.25) is 4.79 Å². The second-order valence-corrected chi connectivity index (χ2v) is 5.70. The maximum Gasteiger partial charge on any atom is 0.239 e. The van der Waals surface area contributed by atoms with E-state index in [0.717, 1.165) is 18.4 Å². The van der Waals surface area contributed by atoms with Crippen molar-refractivity contribution in [3.8, 4) is 0 Å². The summed E-state index contributed by atoms with van der Waals surface area (Å²) >= 11 is 0. The predicted molar refractivity (Wildman–Crippen MR) is 79.1 cm³/mol. The molecule has 20 heavy (non-hydrogen) atoms. The van der Waals surface area contributed by atoms with Gasteiger partial charge in [-0.15, -0.1) is 0 Å². The van der Waals surface area contributed by atoms with Gasteiger partial charge in [-0.2, -0.15) is 0 Å². The Hall–Kier alpha value is -1.39. The summed E-state index contributed by atoms with van der Waals surface area (Å²) in [5, 5.41) is 9.58. The van der Waals surface area contributed by atoms with Crippen LogP contribution in [-0.2, 0) is 11.2 Å².